The number of hydrogen-bond acceptors (Lipinski definition) is 1. The highest BCUT2D eigenvalue weighted by molar-refractivity contribution is 5.32. The zero-order valence-corrected chi connectivity index (χ0v) is 13.1. The predicted octanol–water partition coefficient (Wildman–Crippen LogP) is 4.98. The van der Waals surface area contributed by atoms with E-state index in [-0.39, 0.29) is 11.7 Å². The Morgan fingerprint density at radius 3 is 1.52 bits per heavy atom. The fourth-order valence-corrected chi connectivity index (χ4v) is 3.41. The molecule has 0 amide bonds. The van der Waals surface area contributed by atoms with Crippen LogP contribution in [0.25, 0.3) is 0 Å². The van der Waals surface area contributed by atoms with Gasteiger partial charge in [-0.15, -0.1) is 0 Å². The Kier molecular flexibility index (Phi) is 3.72. The van der Waals surface area contributed by atoms with E-state index < -0.39 is 0 Å². The zero-order valence-electron chi connectivity index (χ0n) is 13.1. The van der Waals surface area contributed by atoms with Gasteiger partial charge in [0.1, 0.15) is 11.7 Å². The monoisotopic (exact) mass is 300 g/mol. The Hall–Kier alpha value is -2.38. The Balaban J connectivity index is 1.62. The molecule has 1 heterocycles. The lowest BCUT2D eigenvalue weighted by Gasteiger charge is -2.14. The molecule has 1 unspecified atom stereocenters. The van der Waals surface area contributed by atoms with Gasteiger partial charge in [0.25, 0.3) is 0 Å². The summed E-state index contributed by atoms with van der Waals surface area (Å²) in [5.74, 6) is 0. The highest BCUT2D eigenvalue weighted by Gasteiger charge is 2.56. The predicted molar refractivity (Wildman–Crippen MR) is 93.3 cm³/mol. The number of ether oxygens (including phenoxy) is 1. The highest BCUT2D eigenvalue weighted by Crippen LogP contribution is 2.53. The second-order valence-electron chi connectivity index (χ2n) is 6.30. The first-order valence-electron chi connectivity index (χ1n) is 8.16. The first-order chi connectivity index (χ1) is 11.4. The molecule has 0 spiro atoms. The van der Waals surface area contributed by atoms with Crippen molar-refractivity contribution in [1.82, 2.24) is 0 Å². The topological polar surface area (TPSA) is 12.5 Å². The fraction of sp³-hybridized carbons (Fsp3) is 0.182. The number of epoxide rings is 1. The maximum atomic E-state index is 6.30. The molecule has 1 nitrogen and oxygen atoms in total. The lowest BCUT2D eigenvalue weighted by atomic mass is 9.87. The quantitative estimate of drug-likeness (QED) is 0.605. The highest BCUT2D eigenvalue weighted by atomic mass is 16.6. The van der Waals surface area contributed by atoms with Crippen LogP contribution in [0.4, 0.5) is 0 Å². The molecule has 0 saturated carbocycles. The van der Waals surface area contributed by atoms with Gasteiger partial charge in [0.15, 0.2) is 0 Å². The number of benzene rings is 3. The molecular formula is C22H20O. The molecule has 3 aromatic rings. The van der Waals surface area contributed by atoms with E-state index in [2.05, 4.69) is 91.0 Å². The molecule has 1 heteroatoms. The van der Waals surface area contributed by atoms with E-state index in [0.717, 1.165) is 12.8 Å². The minimum absolute atomic E-state index is 0.121. The summed E-state index contributed by atoms with van der Waals surface area (Å²) >= 11 is 0. The van der Waals surface area contributed by atoms with Crippen molar-refractivity contribution in [2.45, 2.75) is 24.5 Å². The molecule has 0 bridgehead atoms. The first-order valence-corrected chi connectivity index (χ1v) is 8.16. The number of hydrogen-bond donors (Lipinski definition) is 0. The van der Waals surface area contributed by atoms with Gasteiger partial charge >= 0.3 is 0 Å². The van der Waals surface area contributed by atoms with E-state index in [4.69, 9.17) is 4.74 Å². The van der Waals surface area contributed by atoms with Gasteiger partial charge < -0.3 is 4.74 Å². The molecule has 1 atom stereocenters. The van der Waals surface area contributed by atoms with Crippen LogP contribution in [-0.4, -0.2) is 5.60 Å². The second kappa shape index (κ2) is 6.02. The van der Waals surface area contributed by atoms with Crippen LogP contribution >= 0.6 is 0 Å². The van der Waals surface area contributed by atoms with E-state index in [1.807, 2.05) is 0 Å². The normalized spacial score (nSPS) is 18.5. The summed E-state index contributed by atoms with van der Waals surface area (Å²) in [6.45, 7) is 0. The molecule has 1 fully saturated rings. The maximum Gasteiger partial charge on any atom is 0.113 e. The van der Waals surface area contributed by atoms with E-state index in [0.29, 0.717) is 0 Å². The molecular weight excluding hydrogens is 280 g/mol. The van der Waals surface area contributed by atoms with E-state index in [1.54, 1.807) is 0 Å². The van der Waals surface area contributed by atoms with Crippen LogP contribution < -0.4 is 0 Å². The van der Waals surface area contributed by atoms with Crippen molar-refractivity contribution >= 4 is 0 Å². The molecule has 0 N–H and O–H groups in total. The smallest absolute Gasteiger partial charge is 0.113 e. The fourth-order valence-electron chi connectivity index (χ4n) is 3.41. The Labute approximate surface area is 137 Å². The van der Waals surface area contributed by atoms with Gasteiger partial charge in [-0.1, -0.05) is 91.0 Å². The third kappa shape index (κ3) is 3.06. The van der Waals surface area contributed by atoms with Crippen molar-refractivity contribution in [3.8, 4) is 0 Å². The van der Waals surface area contributed by atoms with Gasteiger partial charge in [0.05, 0.1) is 0 Å². The van der Waals surface area contributed by atoms with Gasteiger partial charge in [0, 0.05) is 12.8 Å². The molecule has 4 rings (SSSR count). The molecule has 0 aliphatic carbocycles. The third-order valence-electron chi connectivity index (χ3n) is 4.57. The number of rotatable bonds is 5. The minimum Gasteiger partial charge on any atom is -0.360 e. The van der Waals surface area contributed by atoms with Gasteiger partial charge in [-0.3, -0.25) is 0 Å². The summed E-state index contributed by atoms with van der Waals surface area (Å²) in [4.78, 5) is 0. The summed E-state index contributed by atoms with van der Waals surface area (Å²) in [6.07, 6.45) is 2.08. The van der Waals surface area contributed by atoms with E-state index >= 15 is 0 Å². The van der Waals surface area contributed by atoms with Crippen molar-refractivity contribution in [1.29, 1.82) is 0 Å². The van der Waals surface area contributed by atoms with Crippen molar-refractivity contribution in [3.63, 3.8) is 0 Å². The standard InChI is InChI=1S/C22H20O/c1-4-10-18(11-5-1)16-22(17-19-12-6-2-7-13-19)21(23-22)20-14-8-3-9-15-20/h1-15,21H,16-17H2. The molecule has 1 saturated heterocycles. The Morgan fingerprint density at radius 1 is 0.609 bits per heavy atom. The van der Waals surface area contributed by atoms with Gasteiger partial charge in [-0.05, 0) is 16.7 Å². The van der Waals surface area contributed by atoms with Crippen molar-refractivity contribution in [2.75, 3.05) is 0 Å². The van der Waals surface area contributed by atoms with Crippen LogP contribution in [-0.2, 0) is 17.6 Å². The summed E-state index contributed by atoms with van der Waals surface area (Å²) in [7, 11) is 0. The molecule has 114 valence electrons. The average Bonchev–Trinajstić information content (AvgIpc) is 3.31. The van der Waals surface area contributed by atoms with Gasteiger partial charge in [-0.25, -0.2) is 0 Å². The van der Waals surface area contributed by atoms with Crippen molar-refractivity contribution in [3.05, 3.63) is 108 Å². The lowest BCUT2D eigenvalue weighted by Crippen LogP contribution is -2.20. The summed E-state index contributed by atoms with van der Waals surface area (Å²) in [6, 6.07) is 31.9. The molecule has 3 aromatic carbocycles. The second-order valence-corrected chi connectivity index (χ2v) is 6.30. The van der Waals surface area contributed by atoms with Gasteiger partial charge in [0.2, 0.25) is 0 Å². The van der Waals surface area contributed by atoms with Crippen LogP contribution in [0.5, 0.6) is 0 Å². The SMILES string of the molecule is c1ccc(CC2(Cc3ccccc3)OC2c2ccccc2)cc1. The summed E-state index contributed by atoms with van der Waals surface area (Å²) < 4.78 is 6.30. The largest absolute Gasteiger partial charge is 0.360 e. The van der Waals surface area contributed by atoms with Crippen LogP contribution in [0.2, 0.25) is 0 Å². The average molecular weight is 300 g/mol. The molecule has 0 aromatic heterocycles. The van der Waals surface area contributed by atoms with Crippen LogP contribution in [0, 0.1) is 0 Å². The minimum atomic E-state index is -0.121. The van der Waals surface area contributed by atoms with Crippen molar-refractivity contribution < 1.29 is 4.74 Å². The lowest BCUT2D eigenvalue weighted by molar-refractivity contribution is 0.289. The first kappa shape index (κ1) is 14.2. The molecule has 1 aliphatic rings. The van der Waals surface area contributed by atoms with Crippen molar-refractivity contribution in [2.24, 2.45) is 0 Å². The maximum absolute atomic E-state index is 6.30. The Morgan fingerprint density at radius 2 is 1.04 bits per heavy atom. The van der Waals surface area contributed by atoms with Crippen LogP contribution in [0.15, 0.2) is 91.0 Å². The van der Waals surface area contributed by atoms with Crippen LogP contribution in [0.3, 0.4) is 0 Å². The summed E-state index contributed by atoms with van der Waals surface area (Å²) in [5, 5.41) is 0. The molecule has 23 heavy (non-hydrogen) atoms. The summed E-state index contributed by atoms with van der Waals surface area (Å²) in [5.41, 5.74) is 3.83. The van der Waals surface area contributed by atoms with E-state index in [1.165, 1.54) is 16.7 Å². The molecule has 1 aliphatic heterocycles. The van der Waals surface area contributed by atoms with E-state index in [9.17, 15) is 0 Å². The van der Waals surface area contributed by atoms with Crippen LogP contribution in [0.1, 0.15) is 22.8 Å². The van der Waals surface area contributed by atoms with Gasteiger partial charge in [-0.2, -0.15) is 0 Å². The third-order valence-corrected chi connectivity index (χ3v) is 4.57. The Bertz CT molecular complexity index is 708. The zero-order chi connectivity index (χ0) is 15.5. The molecule has 0 radical (unpaired) electrons.